The van der Waals surface area contributed by atoms with Crippen molar-refractivity contribution < 1.29 is 4.52 Å². The summed E-state index contributed by atoms with van der Waals surface area (Å²) >= 11 is 0. The van der Waals surface area contributed by atoms with Crippen LogP contribution in [0.5, 0.6) is 0 Å². The summed E-state index contributed by atoms with van der Waals surface area (Å²) in [5.74, 6) is 0.838. The van der Waals surface area contributed by atoms with Crippen molar-refractivity contribution >= 4 is 0 Å². The van der Waals surface area contributed by atoms with Gasteiger partial charge in [0.15, 0.2) is 0 Å². The summed E-state index contributed by atoms with van der Waals surface area (Å²) in [6.45, 7) is 6.58. The molecule has 0 aliphatic rings. The lowest BCUT2D eigenvalue weighted by Gasteiger charge is -2.13. The fraction of sp³-hybridized carbons (Fsp3) is 0.357. The maximum absolute atomic E-state index is 8.81. The third-order valence-electron chi connectivity index (χ3n) is 3.07. The molecule has 1 unspecified atom stereocenters. The molecule has 1 atom stereocenters. The minimum absolute atomic E-state index is 0.143. The minimum atomic E-state index is 0.143. The van der Waals surface area contributed by atoms with E-state index in [0.29, 0.717) is 12.2 Å². The van der Waals surface area contributed by atoms with Crippen LogP contribution in [0.4, 0.5) is 0 Å². The maximum Gasteiger partial charge on any atom is 0.140 e. The quantitative estimate of drug-likeness (QED) is 0.909. The second-order valence-electron chi connectivity index (χ2n) is 4.50. The Morgan fingerprint density at radius 3 is 2.89 bits per heavy atom. The number of nitrogens with zero attached hydrogens (tertiary/aromatic N) is 3. The third kappa shape index (κ3) is 2.98. The number of nitriles is 1. The highest BCUT2D eigenvalue weighted by Gasteiger charge is 2.15. The number of aromatic nitrogens is 2. The summed E-state index contributed by atoms with van der Waals surface area (Å²) in [6.07, 6.45) is 1.65. The second-order valence-corrected chi connectivity index (χ2v) is 4.50. The average Bonchev–Trinajstić information content (AvgIpc) is 2.76. The van der Waals surface area contributed by atoms with Crippen LogP contribution >= 0.6 is 0 Å². The Bertz CT molecular complexity index is 593. The van der Waals surface area contributed by atoms with Crippen molar-refractivity contribution in [3.05, 3.63) is 46.6 Å². The van der Waals surface area contributed by atoms with E-state index in [1.165, 1.54) is 0 Å². The fourth-order valence-electron chi connectivity index (χ4n) is 2.13. The number of hydrogen-bond donors (Lipinski definition) is 1. The van der Waals surface area contributed by atoms with Gasteiger partial charge in [-0.05, 0) is 38.5 Å². The molecule has 0 amide bonds. The zero-order valence-electron chi connectivity index (χ0n) is 11.3. The summed E-state index contributed by atoms with van der Waals surface area (Å²) < 4.78 is 5.16. The number of nitrogens with one attached hydrogen (secondary N) is 1. The maximum atomic E-state index is 8.81. The Morgan fingerprint density at radius 2 is 2.26 bits per heavy atom. The first-order chi connectivity index (χ1) is 9.11. The van der Waals surface area contributed by atoms with Gasteiger partial charge in [0.1, 0.15) is 17.5 Å². The van der Waals surface area contributed by atoms with Crippen LogP contribution in [0.2, 0.25) is 0 Å². The fourth-order valence-corrected chi connectivity index (χ4v) is 2.13. The van der Waals surface area contributed by atoms with E-state index in [1.54, 1.807) is 12.3 Å². The molecular weight excluding hydrogens is 240 g/mol. The molecule has 0 aliphatic carbocycles. The topological polar surface area (TPSA) is 74.7 Å². The van der Waals surface area contributed by atoms with Gasteiger partial charge in [-0.1, -0.05) is 5.16 Å². The van der Waals surface area contributed by atoms with Gasteiger partial charge in [-0.25, -0.2) is 4.98 Å². The van der Waals surface area contributed by atoms with Crippen LogP contribution in [0.1, 0.15) is 41.2 Å². The molecule has 0 spiro atoms. The number of hydrogen-bond acceptors (Lipinski definition) is 5. The van der Waals surface area contributed by atoms with E-state index in [-0.39, 0.29) is 6.04 Å². The van der Waals surface area contributed by atoms with Gasteiger partial charge in [-0.15, -0.1) is 0 Å². The van der Waals surface area contributed by atoms with Crippen LogP contribution in [0.3, 0.4) is 0 Å². The molecule has 0 radical (unpaired) electrons. The standard InChI is InChI=1S/C14H16N4O/c1-9(14-10(2)18-19-11(14)3)17-8-12-4-5-16-13(6-12)7-15/h4-6,9,17H,8H2,1-3H3. The highest BCUT2D eigenvalue weighted by atomic mass is 16.5. The van der Waals surface area contributed by atoms with Gasteiger partial charge in [-0.2, -0.15) is 5.26 Å². The van der Waals surface area contributed by atoms with E-state index >= 15 is 0 Å². The summed E-state index contributed by atoms with van der Waals surface area (Å²) in [4.78, 5) is 3.95. The van der Waals surface area contributed by atoms with Crippen LogP contribution in [0, 0.1) is 25.2 Å². The van der Waals surface area contributed by atoms with Crippen molar-refractivity contribution in [3.8, 4) is 6.07 Å². The molecule has 0 aliphatic heterocycles. The lowest BCUT2D eigenvalue weighted by atomic mass is 10.1. The Hall–Kier alpha value is -2.19. The zero-order chi connectivity index (χ0) is 13.8. The van der Waals surface area contributed by atoms with Crippen molar-refractivity contribution in [2.45, 2.75) is 33.4 Å². The first-order valence-electron chi connectivity index (χ1n) is 6.13. The predicted octanol–water partition coefficient (Wildman–Crippen LogP) is 2.41. The highest BCUT2D eigenvalue weighted by Crippen LogP contribution is 2.21. The first-order valence-corrected chi connectivity index (χ1v) is 6.13. The van der Waals surface area contributed by atoms with Gasteiger partial charge in [0, 0.05) is 24.3 Å². The molecule has 0 aromatic carbocycles. The highest BCUT2D eigenvalue weighted by molar-refractivity contribution is 5.27. The molecule has 5 heteroatoms. The number of rotatable bonds is 4. The van der Waals surface area contributed by atoms with Crippen LogP contribution in [-0.2, 0) is 6.54 Å². The van der Waals surface area contributed by atoms with Crippen molar-refractivity contribution in [2.75, 3.05) is 0 Å². The van der Waals surface area contributed by atoms with Gasteiger partial charge >= 0.3 is 0 Å². The van der Waals surface area contributed by atoms with Crippen molar-refractivity contribution in [1.29, 1.82) is 5.26 Å². The van der Waals surface area contributed by atoms with Gasteiger partial charge < -0.3 is 9.84 Å². The van der Waals surface area contributed by atoms with Gasteiger partial charge in [0.05, 0.1) is 5.69 Å². The number of aryl methyl sites for hydroxylation is 2. The van der Waals surface area contributed by atoms with Crippen molar-refractivity contribution in [1.82, 2.24) is 15.5 Å². The van der Waals surface area contributed by atoms with Gasteiger partial charge in [0.25, 0.3) is 0 Å². The Morgan fingerprint density at radius 1 is 1.47 bits per heavy atom. The van der Waals surface area contributed by atoms with E-state index in [9.17, 15) is 0 Å². The Labute approximate surface area is 112 Å². The summed E-state index contributed by atoms with van der Waals surface area (Å²) in [5.41, 5.74) is 3.47. The SMILES string of the molecule is Cc1noc(C)c1C(C)NCc1ccnc(C#N)c1. The molecule has 2 aromatic rings. The molecule has 0 saturated carbocycles. The Kier molecular flexibility index (Phi) is 3.93. The lowest BCUT2D eigenvalue weighted by molar-refractivity contribution is 0.390. The molecule has 2 heterocycles. The van der Waals surface area contributed by atoms with E-state index in [1.807, 2.05) is 26.0 Å². The van der Waals surface area contributed by atoms with E-state index in [2.05, 4.69) is 22.4 Å². The van der Waals surface area contributed by atoms with Crippen LogP contribution in [0.25, 0.3) is 0 Å². The molecule has 98 valence electrons. The molecule has 2 rings (SSSR count). The van der Waals surface area contributed by atoms with Crippen LogP contribution < -0.4 is 5.32 Å². The molecule has 0 saturated heterocycles. The molecule has 0 bridgehead atoms. The monoisotopic (exact) mass is 256 g/mol. The molecule has 19 heavy (non-hydrogen) atoms. The van der Waals surface area contributed by atoms with E-state index in [0.717, 1.165) is 22.6 Å². The summed E-state index contributed by atoms with van der Waals surface area (Å²) in [5, 5.41) is 16.2. The van der Waals surface area contributed by atoms with E-state index in [4.69, 9.17) is 9.78 Å². The zero-order valence-corrected chi connectivity index (χ0v) is 11.3. The number of pyridine rings is 1. The largest absolute Gasteiger partial charge is 0.361 e. The normalized spacial score (nSPS) is 12.1. The lowest BCUT2D eigenvalue weighted by Crippen LogP contribution is -2.19. The first kappa shape index (κ1) is 13.2. The molecule has 2 aromatic heterocycles. The molecule has 1 N–H and O–H groups in total. The minimum Gasteiger partial charge on any atom is -0.361 e. The third-order valence-corrected chi connectivity index (χ3v) is 3.07. The smallest absolute Gasteiger partial charge is 0.140 e. The summed E-state index contributed by atoms with van der Waals surface area (Å²) in [7, 11) is 0. The molecule has 0 fully saturated rings. The predicted molar refractivity (Wildman–Crippen MR) is 70.2 cm³/mol. The van der Waals surface area contributed by atoms with Gasteiger partial charge in [0.2, 0.25) is 0 Å². The average molecular weight is 256 g/mol. The Balaban J connectivity index is 2.04. The second kappa shape index (κ2) is 5.63. The van der Waals surface area contributed by atoms with Crippen molar-refractivity contribution in [3.63, 3.8) is 0 Å². The van der Waals surface area contributed by atoms with Crippen molar-refractivity contribution in [2.24, 2.45) is 0 Å². The van der Waals surface area contributed by atoms with E-state index < -0.39 is 0 Å². The molecular formula is C14H16N4O. The van der Waals surface area contributed by atoms with Crippen LogP contribution in [-0.4, -0.2) is 10.1 Å². The van der Waals surface area contributed by atoms with Gasteiger partial charge in [-0.3, -0.25) is 0 Å². The van der Waals surface area contributed by atoms with Crippen LogP contribution in [0.15, 0.2) is 22.9 Å². The summed E-state index contributed by atoms with van der Waals surface area (Å²) in [6, 6.07) is 5.86. The molecule has 5 nitrogen and oxygen atoms in total.